The fourth-order valence-electron chi connectivity index (χ4n) is 2.91. The number of carbonyl (C=O) groups excluding carboxylic acids is 1. The number of amides is 1. The van der Waals surface area contributed by atoms with Crippen LogP contribution < -0.4 is 5.32 Å². The van der Waals surface area contributed by atoms with E-state index in [4.69, 9.17) is 14.2 Å². The van der Waals surface area contributed by atoms with Crippen LogP contribution in [-0.2, 0) is 20.8 Å². The van der Waals surface area contributed by atoms with Crippen LogP contribution in [0.2, 0.25) is 0 Å². The fourth-order valence-corrected chi connectivity index (χ4v) is 3.86. The van der Waals surface area contributed by atoms with Gasteiger partial charge in [0.25, 0.3) is 0 Å². The molecule has 1 saturated heterocycles. The van der Waals surface area contributed by atoms with Crippen LogP contribution in [0.25, 0.3) is 0 Å². The highest BCUT2D eigenvalue weighted by atomic mass is 32.2. The number of nitrogens with one attached hydrogen (secondary N) is 1. The van der Waals surface area contributed by atoms with Gasteiger partial charge in [0.05, 0.1) is 24.0 Å². The van der Waals surface area contributed by atoms with Crippen molar-refractivity contribution in [1.82, 2.24) is 5.32 Å². The van der Waals surface area contributed by atoms with Gasteiger partial charge in [-0.15, -0.1) is 0 Å². The smallest absolute Gasteiger partial charge is 0.408 e. The van der Waals surface area contributed by atoms with Gasteiger partial charge in [0.2, 0.25) is 0 Å². The molecule has 2 fully saturated rings. The van der Waals surface area contributed by atoms with Crippen molar-refractivity contribution in [2.45, 2.75) is 36.2 Å². The molecule has 0 bridgehead atoms. The molecule has 6 nitrogen and oxygen atoms in total. The van der Waals surface area contributed by atoms with Gasteiger partial charge < -0.3 is 24.6 Å². The highest BCUT2D eigenvalue weighted by Crippen LogP contribution is 2.36. The summed E-state index contributed by atoms with van der Waals surface area (Å²) in [5.74, 6) is 0. The lowest BCUT2D eigenvalue weighted by Crippen LogP contribution is -2.39. The van der Waals surface area contributed by atoms with Gasteiger partial charge in [0, 0.05) is 0 Å². The molecule has 22 heavy (non-hydrogen) atoms. The van der Waals surface area contributed by atoms with Gasteiger partial charge in [0.15, 0.2) is 6.10 Å². The van der Waals surface area contributed by atoms with E-state index in [9.17, 15) is 9.90 Å². The number of hydrogen-bond acceptors (Lipinski definition) is 6. The van der Waals surface area contributed by atoms with E-state index < -0.39 is 24.3 Å². The molecule has 0 radical (unpaired) electrons. The molecular formula is C15H19NO5S. The van der Waals surface area contributed by atoms with Crippen molar-refractivity contribution >= 4 is 17.9 Å². The van der Waals surface area contributed by atoms with Crippen molar-refractivity contribution in [2.75, 3.05) is 13.0 Å². The molecule has 1 saturated carbocycles. The van der Waals surface area contributed by atoms with E-state index in [0.717, 1.165) is 5.56 Å². The highest BCUT2D eigenvalue weighted by Gasteiger charge is 2.56. The van der Waals surface area contributed by atoms with E-state index in [0.29, 0.717) is 6.61 Å². The van der Waals surface area contributed by atoms with E-state index in [1.54, 1.807) is 0 Å². The van der Waals surface area contributed by atoms with Gasteiger partial charge in [-0.2, -0.15) is 11.8 Å². The average molecular weight is 325 g/mol. The Morgan fingerprint density at radius 1 is 1.36 bits per heavy atom. The van der Waals surface area contributed by atoms with Gasteiger partial charge in [-0.1, -0.05) is 30.3 Å². The molecule has 1 aromatic carbocycles. The predicted octanol–water partition coefficient (Wildman–Crippen LogP) is 1.13. The number of fused-ring (bicyclic) bond motifs is 1. The van der Waals surface area contributed by atoms with Crippen LogP contribution in [0.4, 0.5) is 4.79 Å². The first-order chi connectivity index (χ1) is 10.7. The normalized spacial score (nSPS) is 33.4. The molecule has 2 N–H and O–H groups in total. The average Bonchev–Trinajstić information content (AvgIpc) is 3.02. The Hall–Kier alpha value is -1.28. The quantitative estimate of drug-likeness (QED) is 0.603. The minimum atomic E-state index is -0.689. The van der Waals surface area contributed by atoms with E-state index in [1.807, 2.05) is 36.6 Å². The van der Waals surface area contributed by atoms with Crippen LogP contribution in [0.3, 0.4) is 0 Å². The molecule has 120 valence electrons. The van der Waals surface area contributed by atoms with Crippen molar-refractivity contribution in [1.29, 1.82) is 0 Å². The molecule has 0 spiro atoms. The SMILES string of the molecule is CS[C@@H]1[C@@H](O)[C@H]2NC(=O)O[C@H]2[C@@H]1OCOCc1ccccc1. The molecule has 0 aromatic heterocycles. The Balaban J connectivity index is 1.53. The molecule has 3 rings (SSSR count). The van der Waals surface area contributed by atoms with Crippen molar-refractivity contribution < 1.29 is 24.1 Å². The first-order valence-electron chi connectivity index (χ1n) is 7.12. The van der Waals surface area contributed by atoms with Gasteiger partial charge in [-0.3, -0.25) is 0 Å². The molecule has 2 aliphatic rings. The van der Waals surface area contributed by atoms with Crippen molar-refractivity contribution in [3.05, 3.63) is 35.9 Å². The summed E-state index contributed by atoms with van der Waals surface area (Å²) in [7, 11) is 0. The first-order valence-corrected chi connectivity index (χ1v) is 8.41. The number of carbonyl (C=O) groups is 1. The summed E-state index contributed by atoms with van der Waals surface area (Å²) in [5, 5.41) is 12.7. The second-order valence-corrected chi connectivity index (χ2v) is 6.33. The molecule has 0 unspecified atom stereocenters. The van der Waals surface area contributed by atoms with E-state index in [1.165, 1.54) is 11.8 Å². The minimum Gasteiger partial charge on any atom is -0.441 e. The van der Waals surface area contributed by atoms with Crippen LogP contribution in [-0.4, -0.2) is 53.9 Å². The summed E-state index contributed by atoms with van der Waals surface area (Å²) in [4.78, 5) is 11.3. The fraction of sp³-hybridized carbons (Fsp3) is 0.533. The number of aliphatic hydroxyl groups is 1. The maximum Gasteiger partial charge on any atom is 0.408 e. The summed E-state index contributed by atoms with van der Waals surface area (Å²) in [6.45, 7) is 0.538. The first kappa shape index (κ1) is 15.6. The van der Waals surface area contributed by atoms with Crippen LogP contribution in [0, 0.1) is 0 Å². The number of ether oxygens (including phenoxy) is 3. The van der Waals surface area contributed by atoms with Gasteiger partial charge in [-0.05, 0) is 11.8 Å². The molecule has 7 heteroatoms. The zero-order valence-electron chi connectivity index (χ0n) is 12.2. The molecule has 1 aliphatic carbocycles. The third-order valence-corrected chi connectivity index (χ3v) is 5.05. The number of hydrogen-bond donors (Lipinski definition) is 2. The Morgan fingerprint density at radius 3 is 2.86 bits per heavy atom. The summed E-state index contributed by atoms with van der Waals surface area (Å²) < 4.78 is 16.5. The second-order valence-electron chi connectivity index (χ2n) is 5.31. The third-order valence-electron chi connectivity index (χ3n) is 3.96. The van der Waals surface area contributed by atoms with Crippen molar-refractivity contribution in [3.8, 4) is 0 Å². The molecule has 5 atom stereocenters. The van der Waals surface area contributed by atoms with E-state index in [2.05, 4.69) is 5.32 Å². The van der Waals surface area contributed by atoms with Crippen LogP contribution in [0.15, 0.2) is 30.3 Å². The number of alkyl carbamates (subject to hydrolysis) is 1. The molecule has 1 aliphatic heterocycles. The van der Waals surface area contributed by atoms with Gasteiger partial charge in [-0.25, -0.2) is 4.79 Å². The zero-order chi connectivity index (χ0) is 15.5. The topological polar surface area (TPSA) is 77.0 Å². The highest BCUT2D eigenvalue weighted by molar-refractivity contribution is 7.99. The predicted molar refractivity (Wildman–Crippen MR) is 81.5 cm³/mol. The van der Waals surface area contributed by atoms with Crippen LogP contribution >= 0.6 is 11.8 Å². The lowest BCUT2D eigenvalue weighted by Gasteiger charge is -2.23. The Morgan fingerprint density at radius 2 is 2.14 bits per heavy atom. The van der Waals surface area contributed by atoms with Gasteiger partial charge in [0.1, 0.15) is 12.9 Å². The largest absolute Gasteiger partial charge is 0.441 e. The molecule has 1 heterocycles. The monoisotopic (exact) mass is 325 g/mol. The lowest BCUT2D eigenvalue weighted by molar-refractivity contribution is -0.116. The number of thioether (sulfide) groups is 1. The minimum absolute atomic E-state index is 0.0874. The second kappa shape index (κ2) is 6.87. The molecular weight excluding hydrogens is 306 g/mol. The number of rotatable bonds is 6. The maximum absolute atomic E-state index is 11.3. The molecule has 1 aromatic rings. The van der Waals surface area contributed by atoms with E-state index >= 15 is 0 Å². The third kappa shape index (κ3) is 3.08. The molecule has 1 amide bonds. The van der Waals surface area contributed by atoms with Crippen LogP contribution in [0.1, 0.15) is 5.56 Å². The van der Waals surface area contributed by atoms with Crippen molar-refractivity contribution in [2.24, 2.45) is 0 Å². The number of benzene rings is 1. The maximum atomic E-state index is 11.3. The van der Waals surface area contributed by atoms with Crippen LogP contribution in [0.5, 0.6) is 0 Å². The summed E-state index contributed by atoms with van der Waals surface area (Å²) >= 11 is 1.50. The van der Waals surface area contributed by atoms with Gasteiger partial charge >= 0.3 is 6.09 Å². The van der Waals surface area contributed by atoms with Crippen molar-refractivity contribution in [3.63, 3.8) is 0 Å². The Bertz CT molecular complexity index is 514. The zero-order valence-corrected chi connectivity index (χ0v) is 13.0. The summed E-state index contributed by atoms with van der Waals surface area (Å²) in [6.07, 6.45) is -0.152. The van der Waals surface area contributed by atoms with E-state index in [-0.39, 0.29) is 18.1 Å². The standard InChI is InChI=1S/C15H19NO5S/c1-22-14-11(17)10-12(21-15(18)16-10)13(14)20-8-19-7-9-5-3-2-4-6-9/h2-6,10-14,17H,7-8H2,1H3,(H,16,18)/t10-,11+,12-,13+,14-/m1/s1. The lowest BCUT2D eigenvalue weighted by atomic mass is 10.2. The summed E-state index contributed by atoms with van der Waals surface area (Å²) in [5.41, 5.74) is 1.06. The summed E-state index contributed by atoms with van der Waals surface area (Å²) in [6, 6.07) is 9.38. The Kier molecular flexibility index (Phi) is 4.87. The number of aliphatic hydroxyl groups excluding tert-OH is 1. The Labute approximate surface area is 133 Å².